The molecule has 0 saturated carbocycles. The van der Waals surface area contributed by atoms with E-state index in [9.17, 15) is 4.79 Å². The van der Waals surface area contributed by atoms with Crippen LogP contribution in [0.5, 0.6) is 0 Å². The first-order valence-electron chi connectivity index (χ1n) is 5.96. The van der Waals surface area contributed by atoms with Crippen LogP contribution in [0.25, 0.3) is 0 Å². The van der Waals surface area contributed by atoms with Gasteiger partial charge in [-0.2, -0.15) is 0 Å². The maximum absolute atomic E-state index is 11.6. The van der Waals surface area contributed by atoms with Crippen molar-refractivity contribution in [2.24, 2.45) is 5.92 Å². The van der Waals surface area contributed by atoms with Gasteiger partial charge in [-0.05, 0) is 18.1 Å². The standard InChI is InChI=1S/C13H21N3O/c1-5-10(2)8-14-12-7-6-11(9-15-12)13(17)16(3)4/h6-7,9-10H,5,8H2,1-4H3,(H,14,15). The third-order valence-electron chi connectivity index (χ3n) is 2.75. The van der Waals surface area contributed by atoms with Crippen molar-refractivity contribution < 1.29 is 4.79 Å². The maximum Gasteiger partial charge on any atom is 0.254 e. The van der Waals surface area contributed by atoms with Crippen LogP contribution in [0.1, 0.15) is 30.6 Å². The van der Waals surface area contributed by atoms with Gasteiger partial charge < -0.3 is 10.2 Å². The molecule has 0 aliphatic carbocycles. The highest BCUT2D eigenvalue weighted by atomic mass is 16.2. The lowest BCUT2D eigenvalue weighted by atomic mass is 10.1. The second kappa shape index (κ2) is 6.23. The van der Waals surface area contributed by atoms with Gasteiger partial charge in [0.05, 0.1) is 5.56 Å². The minimum Gasteiger partial charge on any atom is -0.370 e. The number of carbonyl (C=O) groups excluding carboxylic acids is 1. The molecule has 1 aromatic heterocycles. The first kappa shape index (κ1) is 13.5. The predicted octanol–water partition coefficient (Wildman–Crippen LogP) is 2.24. The van der Waals surface area contributed by atoms with Gasteiger partial charge in [0.2, 0.25) is 0 Å². The minimum absolute atomic E-state index is 0.0222. The third-order valence-corrected chi connectivity index (χ3v) is 2.75. The molecule has 0 aliphatic heterocycles. The van der Waals surface area contributed by atoms with Crippen molar-refractivity contribution >= 4 is 11.7 Å². The second-order valence-electron chi connectivity index (χ2n) is 4.53. The topological polar surface area (TPSA) is 45.2 Å². The summed E-state index contributed by atoms with van der Waals surface area (Å²) in [6, 6.07) is 3.65. The molecule has 4 heteroatoms. The quantitative estimate of drug-likeness (QED) is 0.851. The first-order chi connectivity index (χ1) is 8.04. The molecule has 17 heavy (non-hydrogen) atoms. The van der Waals surface area contributed by atoms with Gasteiger partial charge in [0.15, 0.2) is 0 Å². The van der Waals surface area contributed by atoms with E-state index in [1.54, 1.807) is 31.3 Å². The second-order valence-corrected chi connectivity index (χ2v) is 4.53. The zero-order valence-corrected chi connectivity index (χ0v) is 11.0. The number of pyridine rings is 1. The highest BCUT2D eigenvalue weighted by molar-refractivity contribution is 5.93. The van der Waals surface area contributed by atoms with Crippen LogP contribution < -0.4 is 5.32 Å². The van der Waals surface area contributed by atoms with Crippen LogP contribution in [-0.2, 0) is 0 Å². The SMILES string of the molecule is CCC(C)CNc1ccc(C(=O)N(C)C)cn1. The number of carbonyl (C=O) groups is 1. The Morgan fingerprint density at radius 3 is 2.65 bits per heavy atom. The Bertz CT molecular complexity index is 359. The molecule has 1 heterocycles. The Labute approximate surface area is 103 Å². The molecular weight excluding hydrogens is 214 g/mol. The van der Waals surface area contributed by atoms with Crippen LogP contribution in [-0.4, -0.2) is 36.4 Å². The molecular formula is C13H21N3O. The summed E-state index contributed by atoms with van der Waals surface area (Å²) in [5.41, 5.74) is 0.615. The fourth-order valence-corrected chi connectivity index (χ4v) is 1.31. The summed E-state index contributed by atoms with van der Waals surface area (Å²) in [6.45, 7) is 5.26. The number of nitrogens with one attached hydrogen (secondary N) is 1. The van der Waals surface area contributed by atoms with Crippen molar-refractivity contribution in [1.29, 1.82) is 0 Å². The number of aromatic nitrogens is 1. The van der Waals surface area contributed by atoms with Crippen LogP contribution in [0.4, 0.5) is 5.82 Å². The molecule has 4 nitrogen and oxygen atoms in total. The number of hydrogen-bond donors (Lipinski definition) is 1. The average Bonchev–Trinajstić information content (AvgIpc) is 2.35. The van der Waals surface area contributed by atoms with Crippen molar-refractivity contribution in [1.82, 2.24) is 9.88 Å². The van der Waals surface area contributed by atoms with E-state index < -0.39 is 0 Å². The summed E-state index contributed by atoms with van der Waals surface area (Å²) >= 11 is 0. The summed E-state index contributed by atoms with van der Waals surface area (Å²) < 4.78 is 0. The van der Waals surface area contributed by atoms with Crippen LogP contribution in [0.15, 0.2) is 18.3 Å². The molecule has 0 fully saturated rings. The zero-order chi connectivity index (χ0) is 12.8. The third kappa shape index (κ3) is 4.06. The minimum atomic E-state index is -0.0222. The number of nitrogens with zero attached hydrogens (tertiary/aromatic N) is 2. The van der Waals surface area contributed by atoms with E-state index in [0.717, 1.165) is 18.8 Å². The molecule has 0 radical (unpaired) electrons. The van der Waals surface area contributed by atoms with E-state index in [1.165, 1.54) is 0 Å². The van der Waals surface area contributed by atoms with E-state index in [0.29, 0.717) is 11.5 Å². The van der Waals surface area contributed by atoms with E-state index in [-0.39, 0.29) is 5.91 Å². The molecule has 0 bridgehead atoms. The smallest absolute Gasteiger partial charge is 0.254 e. The van der Waals surface area contributed by atoms with Gasteiger partial charge in [0, 0.05) is 26.8 Å². The van der Waals surface area contributed by atoms with E-state index in [1.807, 2.05) is 6.07 Å². The molecule has 1 amide bonds. The molecule has 1 atom stereocenters. The van der Waals surface area contributed by atoms with Crippen molar-refractivity contribution in [2.75, 3.05) is 26.0 Å². The van der Waals surface area contributed by atoms with Crippen molar-refractivity contribution in [3.63, 3.8) is 0 Å². The van der Waals surface area contributed by atoms with E-state index in [2.05, 4.69) is 24.1 Å². The summed E-state index contributed by atoms with van der Waals surface area (Å²) in [5.74, 6) is 1.42. The van der Waals surface area contributed by atoms with Gasteiger partial charge in [-0.15, -0.1) is 0 Å². The lowest BCUT2D eigenvalue weighted by Crippen LogP contribution is -2.21. The Balaban J connectivity index is 2.59. The van der Waals surface area contributed by atoms with Gasteiger partial charge >= 0.3 is 0 Å². The summed E-state index contributed by atoms with van der Waals surface area (Å²) in [6.07, 6.45) is 2.76. The fourth-order valence-electron chi connectivity index (χ4n) is 1.31. The highest BCUT2D eigenvalue weighted by Gasteiger charge is 2.08. The molecule has 0 aromatic carbocycles. The first-order valence-corrected chi connectivity index (χ1v) is 5.96. The van der Waals surface area contributed by atoms with E-state index in [4.69, 9.17) is 0 Å². The molecule has 94 valence electrons. The van der Waals surface area contributed by atoms with Gasteiger partial charge in [-0.1, -0.05) is 20.3 Å². The Morgan fingerprint density at radius 1 is 1.47 bits per heavy atom. The van der Waals surface area contributed by atoms with Gasteiger partial charge in [-0.25, -0.2) is 4.98 Å². The molecule has 1 rings (SSSR count). The van der Waals surface area contributed by atoms with Crippen LogP contribution >= 0.6 is 0 Å². The lowest BCUT2D eigenvalue weighted by Gasteiger charge is -2.12. The Hall–Kier alpha value is -1.58. The predicted molar refractivity (Wildman–Crippen MR) is 70.2 cm³/mol. The molecule has 0 spiro atoms. The van der Waals surface area contributed by atoms with Crippen LogP contribution in [0.2, 0.25) is 0 Å². The highest BCUT2D eigenvalue weighted by Crippen LogP contribution is 2.08. The zero-order valence-electron chi connectivity index (χ0n) is 11.0. The summed E-state index contributed by atoms with van der Waals surface area (Å²) in [5, 5.41) is 3.25. The Kier molecular flexibility index (Phi) is 4.94. The van der Waals surface area contributed by atoms with Crippen molar-refractivity contribution in [3.8, 4) is 0 Å². The normalized spacial score (nSPS) is 12.0. The number of hydrogen-bond acceptors (Lipinski definition) is 3. The molecule has 0 saturated heterocycles. The number of rotatable bonds is 5. The van der Waals surface area contributed by atoms with Crippen LogP contribution in [0.3, 0.4) is 0 Å². The molecule has 1 aromatic rings. The van der Waals surface area contributed by atoms with Crippen LogP contribution in [0, 0.1) is 5.92 Å². The van der Waals surface area contributed by atoms with E-state index >= 15 is 0 Å². The Morgan fingerprint density at radius 2 is 2.18 bits per heavy atom. The van der Waals surface area contributed by atoms with Crippen molar-refractivity contribution in [2.45, 2.75) is 20.3 Å². The largest absolute Gasteiger partial charge is 0.370 e. The monoisotopic (exact) mass is 235 g/mol. The number of anilines is 1. The maximum atomic E-state index is 11.6. The van der Waals surface area contributed by atoms with Gasteiger partial charge in [-0.3, -0.25) is 4.79 Å². The average molecular weight is 235 g/mol. The lowest BCUT2D eigenvalue weighted by molar-refractivity contribution is 0.0827. The summed E-state index contributed by atoms with van der Waals surface area (Å²) in [4.78, 5) is 17.4. The van der Waals surface area contributed by atoms with Crippen molar-refractivity contribution in [3.05, 3.63) is 23.9 Å². The fraction of sp³-hybridized carbons (Fsp3) is 0.538. The summed E-state index contributed by atoms with van der Waals surface area (Å²) in [7, 11) is 3.47. The van der Waals surface area contributed by atoms with Gasteiger partial charge in [0.25, 0.3) is 5.91 Å². The molecule has 1 N–H and O–H groups in total. The molecule has 0 aliphatic rings. The number of amides is 1. The van der Waals surface area contributed by atoms with Gasteiger partial charge in [0.1, 0.15) is 5.82 Å². The molecule has 1 unspecified atom stereocenters.